The van der Waals surface area contributed by atoms with E-state index in [0.717, 1.165) is 12.1 Å². The second-order valence-corrected chi connectivity index (χ2v) is 6.94. The highest BCUT2D eigenvalue weighted by Gasteiger charge is 2.27. The van der Waals surface area contributed by atoms with Crippen molar-refractivity contribution in [1.29, 1.82) is 0 Å². The zero-order chi connectivity index (χ0) is 18.2. The smallest absolute Gasteiger partial charge is 0.410 e. The molecule has 0 spiro atoms. The van der Waals surface area contributed by atoms with Crippen molar-refractivity contribution in [2.75, 3.05) is 31.1 Å². The first kappa shape index (κ1) is 17.3. The lowest BCUT2D eigenvalue weighted by Crippen LogP contribution is -2.50. The number of benzene rings is 1. The van der Waals surface area contributed by atoms with E-state index in [1.807, 2.05) is 25.7 Å². The molecule has 0 aliphatic carbocycles. The van der Waals surface area contributed by atoms with Crippen LogP contribution in [0.1, 0.15) is 20.8 Å². The third-order valence-corrected chi connectivity index (χ3v) is 3.89. The maximum absolute atomic E-state index is 13.6. The number of nitrogens with zero attached hydrogens (tertiary/aromatic N) is 4. The van der Waals surface area contributed by atoms with Gasteiger partial charge in [-0.1, -0.05) is 0 Å². The van der Waals surface area contributed by atoms with Crippen molar-refractivity contribution in [1.82, 2.24) is 14.9 Å². The normalized spacial score (nSPS) is 15.6. The molecule has 8 heteroatoms. The number of amides is 1. The van der Waals surface area contributed by atoms with Crippen molar-refractivity contribution in [3.05, 3.63) is 30.1 Å². The molecule has 1 fully saturated rings. The average Bonchev–Trinajstić information content (AvgIpc) is 2.54. The first-order chi connectivity index (χ1) is 11.7. The molecule has 3 rings (SSSR count). The van der Waals surface area contributed by atoms with E-state index >= 15 is 0 Å². The summed E-state index contributed by atoms with van der Waals surface area (Å²) >= 11 is 0. The minimum absolute atomic E-state index is 0.346. The molecule has 2 heterocycles. The monoisotopic (exact) mass is 350 g/mol. The lowest BCUT2D eigenvalue weighted by molar-refractivity contribution is 0.0240. The van der Waals surface area contributed by atoms with Gasteiger partial charge in [0.05, 0.1) is 5.52 Å². The van der Waals surface area contributed by atoms with Gasteiger partial charge in [0.1, 0.15) is 17.7 Å². The number of halogens is 2. The molecule has 0 radical (unpaired) electrons. The first-order valence-corrected chi connectivity index (χ1v) is 8.07. The van der Waals surface area contributed by atoms with Gasteiger partial charge in [0.15, 0.2) is 11.6 Å². The summed E-state index contributed by atoms with van der Waals surface area (Å²) in [6.45, 7) is 7.43. The summed E-state index contributed by atoms with van der Waals surface area (Å²) in [6, 6.07) is 2.17. The van der Waals surface area contributed by atoms with E-state index in [-0.39, 0.29) is 6.09 Å². The number of hydrogen-bond acceptors (Lipinski definition) is 5. The third-order valence-electron chi connectivity index (χ3n) is 3.89. The molecule has 25 heavy (non-hydrogen) atoms. The Balaban J connectivity index is 1.76. The van der Waals surface area contributed by atoms with Crippen LogP contribution in [0.15, 0.2) is 18.5 Å². The Morgan fingerprint density at radius 2 is 1.72 bits per heavy atom. The van der Waals surface area contributed by atoms with Gasteiger partial charge >= 0.3 is 6.09 Å². The number of aromatic nitrogens is 2. The van der Waals surface area contributed by atoms with Crippen molar-refractivity contribution in [2.45, 2.75) is 26.4 Å². The number of hydrogen-bond donors (Lipinski definition) is 0. The molecule has 1 amide bonds. The zero-order valence-electron chi connectivity index (χ0n) is 14.4. The summed E-state index contributed by atoms with van der Waals surface area (Å²) in [5.41, 5.74) is -0.197. The van der Waals surface area contributed by atoms with E-state index in [4.69, 9.17) is 4.74 Å². The highest BCUT2D eigenvalue weighted by molar-refractivity contribution is 5.89. The SMILES string of the molecule is CC(C)(C)OC(=O)N1CCN(c2ncnc3cc(F)c(F)cc23)CC1. The molecule has 134 valence electrons. The van der Waals surface area contributed by atoms with Crippen molar-refractivity contribution in [3.63, 3.8) is 0 Å². The van der Waals surface area contributed by atoms with Gasteiger partial charge in [0.2, 0.25) is 0 Å². The zero-order valence-corrected chi connectivity index (χ0v) is 14.4. The van der Waals surface area contributed by atoms with Crippen molar-refractivity contribution in [3.8, 4) is 0 Å². The molecule has 0 bridgehead atoms. The fourth-order valence-electron chi connectivity index (χ4n) is 2.72. The number of ether oxygens (including phenoxy) is 1. The summed E-state index contributed by atoms with van der Waals surface area (Å²) in [5, 5.41) is 0.451. The number of rotatable bonds is 1. The van der Waals surface area contributed by atoms with Crippen LogP contribution in [0.3, 0.4) is 0 Å². The molecule has 1 saturated heterocycles. The molecule has 0 unspecified atom stereocenters. The molecule has 2 aromatic rings. The number of anilines is 1. The molecular formula is C17H20F2N4O2. The van der Waals surface area contributed by atoms with Crippen LogP contribution >= 0.6 is 0 Å². The third kappa shape index (κ3) is 3.78. The lowest BCUT2D eigenvalue weighted by atomic mass is 10.2. The summed E-state index contributed by atoms with van der Waals surface area (Å²) in [4.78, 5) is 23.9. The molecule has 1 aromatic carbocycles. The van der Waals surface area contributed by atoms with Crippen molar-refractivity contribution in [2.24, 2.45) is 0 Å². The standard InChI is InChI=1S/C17H20F2N4O2/c1-17(2,3)25-16(24)23-6-4-22(5-7-23)15-11-8-12(18)13(19)9-14(11)20-10-21-15/h8-10H,4-7H2,1-3H3. The number of carbonyl (C=O) groups excluding carboxylic acids is 1. The highest BCUT2D eigenvalue weighted by atomic mass is 19.2. The Bertz CT molecular complexity index is 799. The van der Waals surface area contributed by atoms with Crippen molar-refractivity contribution >= 4 is 22.8 Å². The summed E-state index contributed by atoms with van der Waals surface area (Å²) in [7, 11) is 0. The van der Waals surface area contributed by atoms with E-state index in [0.29, 0.717) is 42.9 Å². The van der Waals surface area contributed by atoms with E-state index < -0.39 is 17.2 Å². The van der Waals surface area contributed by atoms with Crippen LogP contribution in [-0.2, 0) is 4.74 Å². The molecule has 0 N–H and O–H groups in total. The van der Waals surface area contributed by atoms with E-state index in [2.05, 4.69) is 9.97 Å². The maximum Gasteiger partial charge on any atom is 0.410 e. The molecule has 1 aliphatic heterocycles. The number of carbonyl (C=O) groups is 1. The largest absolute Gasteiger partial charge is 0.444 e. The Kier molecular flexibility index (Phi) is 4.45. The highest BCUT2D eigenvalue weighted by Crippen LogP contribution is 2.26. The van der Waals surface area contributed by atoms with Crippen molar-refractivity contribution < 1.29 is 18.3 Å². The van der Waals surface area contributed by atoms with Crippen LogP contribution in [-0.4, -0.2) is 52.7 Å². The Labute approximate surface area is 144 Å². The minimum atomic E-state index is -0.938. The maximum atomic E-state index is 13.6. The number of piperazine rings is 1. The van der Waals surface area contributed by atoms with Gasteiger partial charge in [0, 0.05) is 37.6 Å². The van der Waals surface area contributed by atoms with Gasteiger partial charge in [-0.15, -0.1) is 0 Å². The second-order valence-electron chi connectivity index (χ2n) is 6.94. The van der Waals surface area contributed by atoms with Gasteiger partial charge in [-0.25, -0.2) is 23.5 Å². The van der Waals surface area contributed by atoms with Gasteiger partial charge in [0.25, 0.3) is 0 Å². The Morgan fingerprint density at radius 3 is 2.36 bits per heavy atom. The number of fused-ring (bicyclic) bond motifs is 1. The van der Waals surface area contributed by atoms with E-state index in [9.17, 15) is 13.6 Å². The molecule has 1 aromatic heterocycles. The fraction of sp³-hybridized carbons (Fsp3) is 0.471. The van der Waals surface area contributed by atoms with Crippen LogP contribution in [0.2, 0.25) is 0 Å². The van der Waals surface area contributed by atoms with Crippen LogP contribution in [0.25, 0.3) is 10.9 Å². The Hall–Kier alpha value is -2.51. The van der Waals surface area contributed by atoms with Gasteiger partial charge in [-0.05, 0) is 26.8 Å². The summed E-state index contributed by atoms with van der Waals surface area (Å²) in [5.74, 6) is -1.34. The predicted octanol–water partition coefficient (Wildman–Crippen LogP) is 2.97. The van der Waals surface area contributed by atoms with Crippen LogP contribution in [0, 0.1) is 11.6 Å². The second kappa shape index (κ2) is 6.42. The summed E-state index contributed by atoms with van der Waals surface area (Å²) in [6.07, 6.45) is 0.975. The van der Waals surface area contributed by atoms with Crippen LogP contribution < -0.4 is 4.90 Å². The van der Waals surface area contributed by atoms with Gasteiger partial charge in [-0.2, -0.15) is 0 Å². The van der Waals surface area contributed by atoms with Crippen LogP contribution in [0.4, 0.5) is 19.4 Å². The minimum Gasteiger partial charge on any atom is -0.444 e. The summed E-state index contributed by atoms with van der Waals surface area (Å²) < 4.78 is 32.4. The van der Waals surface area contributed by atoms with Gasteiger partial charge < -0.3 is 14.5 Å². The quantitative estimate of drug-likeness (QED) is 0.791. The molecular weight excluding hydrogens is 330 g/mol. The molecule has 0 atom stereocenters. The average molecular weight is 350 g/mol. The molecule has 1 aliphatic rings. The van der Waals surface area contributed by atoms with E-state index in [1.165, 1.54) is 6.33 Å². The molecule has 0 saturated carbocycles. The fourth-order valence-corrected chi connectivity index (χ4v) is 2.72. The van der Waals surface area contributed by atoms with Gasteiger partial charge in [-0.3, -0.25) is 0 Å². The van der Waals surface area contributed by atoms with E-state index in [1.54, 1.807) is 4.90 Å². The predicted molar refractivity (Wildman–Crippen MR) is 89.5 cm³/mol. The molecule has 6 nitrogen and oxygen atoms in total. The van der Waals surface area contributed by atoms with Crippen LogP contribution in [0.5, 0.6) is 0 Å². The first-order valence-electron chi connectivity index (χ1n) is 8.07. The lowest BCUT2D eigenvalue weighted by Gasteiger charge is -2.36. The Morgan fingerprint density at radius 1 is 1.08 bits per heavy atom. The topological polar surface area (TPSA) is 58.6 Å².